The van der Waals surface area contributed by atoms with Crippen molar-refractivity contribution < 1.29 is 5.11 Å². The van der Waals surface area contributed by atoms with Gasteiger partial charge >= 0.3 is 0 Å². The number of hydrogen-bond acceptors (Lipinski definition) is 2. The average molecular weight is 155 g/mol. The Labute approximate surface area is 68.3 Å². The molecule has 0 unspecified atom stereocenters. The van der Waals surface area contributed by atoms with Gasteiger partial charge in [-0.2, -0.15) is 0 Å². The molecule has 64 valence electrons. The van der Waals surface area contributed by atoms with Gasteiger partial charge in [0.2, 0.25) is 0 Å². The second-order valence-electron chi connectivity index (χ2n) is 3.13. The Balaban J connectivity index is 2.04. The summed E-state index contributed by atoms with van der Waals surface area (Å²) in [5, 5.41) is 11.8. The van der Waals surface area contributed by atoms with Crippen molar-refractivity contribution in [2.75, 3.05) is 6.54 Å². The van der Waals surface area contributed by atoms with Gasteiger partial charge in [-0.25, -0.2) is 0 Å². The molecule has 2 heteroatoms. The van der Waals surface area contributed by atoms with Gasteiger partial charge in [0, 0.05) is 12.6 Å². The lowest BCUT2D eigenvalue weighted by Gasteiger charge is -2.21. The Morgan fingerprint density at radius 1 is 1.27 bits per heavy atom. The third-order valence-corrected chi connectivity index (χ3v) is 2.23. The lowest BCUT2D eigenvalue weighted by Crippen LogP contribution is -2.30. The Morgan fingerprint density at radius 2 is 2.00 bits per heavy atom. The van der Waals surface area contributed by atoms with Crippen LogP contribution in [0, 0.1) is 0 Å². The van der Waals surface area contributed by atoms with Gasteiger partial charge in [-0.3, -0.25) is 0 Å². The van der Waals surface area contributed by atoms with Crippen LogP contribution in [0.5, 0.6) is 0 Å². The van der Waals surface area contributed by atoms with Crippen molar-refractivity contribution in [2.24, 2.45) is 0 Å². The zero-order valence-corrected chi connectivity index (χ0v) is 6.92. The van der Waals surface area contributed by atoms with E-state index in [1.807, 2.05) is 0 Å². The van der Waals surface area contributed by atoms with Crippen LogP contribution in [0.3, 0.4) is 0 Å². The number of hydrogen-bond donors (Lipinski definition) is 2. The number of nitrogens with one attached hydrogen (secondary N) is 1. The van der Waals surface area contributed by atoms with Crippen LogP contribution in [0.15, 0.2) is 12.3 Å². The molecule has 11 heavy (non-hydrogen) atoms. The van der Waals surface area contributed by atoms with E-state index in [9.17, 15) is 0 Å². The van der Waals surface area contributed by atoms with Crippen molar-refractivity contribution in [1.29, 1.82) is 0 Å². The topological polar surface area (TPSA) is 32.3 Å². The summed E-state index contributed by atoms with van der Waals surface area (Å²) in [5.41, 5.74) is 0. The van der Waals surface area contributed by atoms with Gasteiger partial charge in [-0.05, 0) is 18.9 Å². The molecule has 0 aliphatic heterocycles. The lowest BCUT2D eigenvalue weighted by atomic mass is 9.96. The predicted octanol–water partition coefficient (Wildman–Crippen LogP) is 1.98. The molecule has 1 aliphatic rings. The smallest absolute Gasteiger partial charge is 0.0764 e. The maximum Gasteiger partial charge on any atom is 0.0764 e. The maximum atomic E-state index is 8.38. The van der Waals surface area contributed by atoms with E-state index in [1.165, 1.54) is 32.1 Å². The highest BCUT2D eigenvalue weighted by Crippen LogP contribution is 2.16. The monoisotopic (exact) mass is 155 g/mol. The molecule has 0 amide bonds. The summed E-state index contributed by atoms with van der Waals surface area (Å²) in [7, 11) is 0. The molecule has 0 radical (unpaired) electrons. The standard InChI is InChI=1S/C9H17NO/c11-8-4-7-10-9-5-2-1-3-6-9/h4,8-11H,1-3,5-7H2. The molecule has 1 fully saturated rings. The summed E-state index contributed by atoms with van der Waals surface area (Å²) in [4.78, 5) is 0. The predicted molar refractivity (Wildman–Crippen MR) is 46.6 cm³/mol. The number of rotatable bonds is 3. The first kappa shape index (κ1) is 8.60. The molecule has 1 saturated carbocycles. The van der Waals surface area contributed by atoms with Crippen LogP contribution in [0.25, 0.3) is 0 Å². The quantitative estimate of drug-likeness (QED) is 0.611. The molecule has 2 N–H and O–H groups in total. The first-order valence-corrected chi connectivity index (χ1v) is 4.46. The first-order chi connectivity index (χ1) is 5.43. The van der Waals surface area contributed by atoms with Crippen molar-refractivity contribution in [3.05, 3.63) is 12.3 Å². The maximum absolute atomic E-state index is 8.38. The second-order valence-corrected chi connectivity index (χ2v) is 3.13. The van der Waals surface area contributed by atoms with Crippen molar-refractivity contribution in [3.63, 3.8) is 0 Å². The van der Waals surface area contributed by atoms with Gasteiger partial charge < -0.3 is 10.4 Å². The molecule has 2 nitrogen and oxygen atoms in total. The zero-order chi connectivity index (χ0) is 7.94. The molecule has 0 spiro atoms. The summed E-state index contributed by atoms with van der Waals surface area (Å²) >= 11 is 0. The van der Waals surface area contributed by atoms with Crippen LogP contribution in [-0.4, -0.2) is 17.7 Å². The fraction of sp³-hybridized carbons (Fsp3) is 0.778. The molecule has 0 saturated heterocycles. The van der Waals surface area contributed by atoms with E-state index >= 15 is 0 Å². The Kier molecular flexibility index (Phi) is 4.06. The van der Waals surface area contributed by atoms with E-state index in [0.29, 0.717) is 6.04 Å². The fourth-order valence-corrected chi connectivity index (χ4v) is 1.59. The van der Waals surface area contributed by atoms with E-state index in [-0.39, 0.29) is 0 Å². The summed E-state index contributed by atoms with van der Waals surface area (Å²) < 4.78 is 0. The van der Waals surface area contributed by atoms with Gasteiger partial charge in [-0.15, -0.1) is 0 Å². The van der Waals surface area contributed by atoms with Crippen LogP contribution < -0.4 is 5.32 Å². The molecule has 1 aliphatic carbocycles. The SMILES string of the molecule is OC=CCNC1CCCCC1. The average Bonchev–Trinajstić information content (AvgIpc) is 2.07. The molecule has 0 aromatic carbocycles. The van der Waals surface area contributed by atoms with E-state index in [4.69, 9.17) is 5.11 Å². The molecular formula is C9H17NO. The lowest BCUT2D eigenvalue weighted by molar-refractivity contribution is 0.383. The second kappa shape index (κ2) is 5.19. The summed E-state index contributed by atoms with van der Waals surface area (Å²) in [6, 6.07) is 0.694. The van der Waals surface area contributed by atoms with E-state index in [0.717, 1.165) is 12.8 Å². The molecule has 0 atom stereocenters. The highest BCUT2D eigenvalue weighted by atomic mass is 16.2. The Hall–Kier alpha value is -0.500. The summed E-state index contributed by atoms with van der Waals surface area (Å²) in [6.45, 7) is 0.807. The summed E-state index contributed by atoms with van der Waals surface area (Å²) in [6.07, 6.45) is 9.58. The minimum absolute atomic E-state index is 0.694. The van der Waals surface area contributed by atoms with Crippen molar-refractivity contribution in [2.45, 2.75) is 38.1 Å². The molecule has 0 aromatic heterocycles. The Morgan fingerprint density at radius 3 is 2.64 bits per heavy atom. The first-order valence-electron chi connectivity index (χ1n) is 4.46. The van der Waals surface area contributed by atoms with Gasteiger partial charge in [-0.1, -0.05) is 19.3 Å². The van der Waals surface area contributed by atoms with Crippen LogP contribution >= 0.6 is 0 Å². The molecule has 0 aromatic rings. The third kappa shape index (κ3) is 3.42. The van der Waals surface area contributed by atoms with Crippen LogP contribution in [0.1, 0.15) is 32.1 Å². The van der Waals surface area contributed by atoms with Crippen LogP contribution in [-0.2, 0) is 0 Å². The highest BCUT2D eigenvalue weighted by molar-refractivity contribution is 4.79. The van der Waals surface area contributed by atoms with Gasteiger partial charge in [0.05, 0.1) is 6.26 Å². The largest absolute Gasteiger partial charge is 0.516 e. The minimum Gasteiger partial charge on any atom is -0.516 e. The van der Waals surface area contributed by atoms with Gasteiger partial charge in [0.1, 0.15) is 0 Å². The van der Waals surface area contributed by atoms with Crippen LogP contribution in [0.2, 0.25) is 0 Å². The number of aliphatic hydroxyl groups excluding tert-OH is 1. The summed E-state index contributed by atoms with van der Waals surface area (Å²) in [5.74, 6) is 0. The van der Waals surface area contributed by atoms with Crippen molar-refractivity contribution >= 4 is 0 Å². The normalized spacial score (nSPS) is 21.1. The van der Waals surface area contributed by atoms with E-state index in [2.05, 4.69) is 5.32 Å². The molecule has 1 rings (SSSR count). The van der Waals surface area contributed by atoms with Gasteiger partial charge in [0.25, 0.3) is 0 Å². The third-order valence-electron chi connectivity index (χ3n) is 2.23. The van der Waals surface area contributed by atoms with E-state index < -0.39 is 0 Å². The minimum atomic E-state index is 0.694. The van der Waals surface area contributed by atoms with Crippen LogP contribution in [0.4, 0.5) is 0 Å². The fourth-order valence-electron chi connectivity index (χ4n) is 1.59. The van der Waals surface area contributed by atoms with Gasteiger partial charge in [0.15, 0.2) is 0 Å². The Bertz CT molecular complexity index is 117. The van der Waals surface area contributed by atoms with E-state index in [1.54, 1.807) is 6.08 Å². The molecule has 0 bridgehead atoms. The number of aliphatic hydroxyl groups is 1. The molecule has 0 heterocycles. The highest BCUT2D eigenvalue weighted by Gasteiger charge is 2.10. The van der Waals surface area contributed by atoms with Crippen molar-refractivity contribution in [1.82, 2.24) is 5.32 Å². The van der Waals surface area contributed by atoms with Crippen molar-refractivity contribution in [3.8, 4) is 0 Å². The zero-order valence-electron chi connectivity index (χ0n) is 6.92. The molecular weight excluding hydrogens is 138 g/mol.